The maximum absolute atomic E-state index is 12.2. The number of carbonyl (C=O) groups is 1. The van der Waals surface area contributed by atoms with Gasteiger partial charge in [0.25, 0.3) is 0 Å². The second-order valence-corrected chi connectivity index (χ2v) is 7.77. The van der Waals surface area contributed by atoms with E-state index in [1.807, 2.05) is 0 Å². The third-order valence-electron chi connectivity index (χ3n) is 5.31. The van der Waals surface area contributed by atoms with Crippen molar-refractivity contribution in [2.24, 2.45) is 23.5 Å². The summed E-state index contributed by atoms with van der Waals surface area (Å²) in [5, 5.41) is 3.52. The normalized spacial score (nSPS) is 24.5. The Morgan fingerprint density at radius 2 is 1.76 bits per heavy atom. The molecule has 1 aliphatic heterocycles. The predicted molar refractivity (Wildman–Crippen MR) is 86.9 cm³/mol. The molecule has 3 N–H and O–H groups in total. The molecule has 1 atom stereocenters. The van der Waals surface area contributed by atoms with Crippen molar-refractivity contribution in [3.63, 3.8) is 0 Å². The summed E-state index contributed by atoms with van der Waals surface area (Å²) in [5.41, 5.74) is 5.31. The molecule has 1 amide bonds. The number of hydrogen-bond donors (Lipinski definition) is 2. The molecule has 0 aromatic heterocycles. The fraction of sp³-hybridized carbons (Fsp3) is 0.941. The van der Waals surface area contributed by atoms with Gasteiger partial charge in [0.1, 0.15) is 5.54 Å². The Morgan fingerprint density at radius 3 is 2.14 bits per heavy atom. The van der Waals surface area contributed by atoms with Gasteiger partial charge in [-0.1, -0.05) is 13.8 Å². The lowest BCUT2D eigenvalue weighted by Crippen LogP contribution is -2.65. The summed E-state index contributed by atoms with van der Waals surface area (Å²) in [6.07, 6.45) is 4.76. The minimum Gasteiger partial charge on any atom is -0.368 e. The summed E-state index contributed by atoms with van der Waals surface area (Å²) in [6.45, 7) is 11.8. The molecule has 4 heteroatoms. The molecule has 2 aliphatic rings. The van der Waals surface area contributed by atoms with Gasteiger partial charge >= 0.3 is 0 Å². The second kappa shape index (κ2) is 6.66. The average Bonchev–Trinajstić information content (AvgIpc) is 3.22. The molecule has 2 rings (SSSR count). The number of nitrogens with zero attached hydrogens (tertiary/aromatic N) is 1. The van der Waals surface area contributed by atoms with Gasteiger partial charge in [0.05, 0.1) is 0 Å². The molecule has 0 aromatic carbocycles. The Bertz CT molecular complexity index is 357. The zero-order chi connectivity index (χ0) is 15.6. The van der Waals surface area contributed by atoms with Crippen LogP contribution in [0, 0.1) is 17.8 Å². The number of primary amides is 1. The molecule has 0 aromatic rings. The zero-order valence-electron chi connectivity index (χ0n) is 14.2. The fourth-order valence-corrected chi connectivity index (χ4v) is 3.86. The van der Waals surface area contributed by atoms with Gasteiger partial charge in [0.2, 0.25) is 5.91 Å². The number of hydrogen-bond acceptors (Lipinski definition) is 3. The molecule has 4 nitrogen and oxygen atoms in total. The molecule has 21 heavy (non-hydrogen) atoms. The summed E-state index contributed by atoms with van der Waals surface area (Å²) in [5.74, 6) is 1.87. The number of rotatable bonds is 7. The predicted octanol–water partition coefficient (Wildman–Crippen LogP) is 1.99. The summed E-state index contributed by atoms with van der Waals surface area (Å²) in [4.78, 5) is 14.7. The SMILES string of the molecule is CC(C)NC(CN1CCC(C(C)C)CC1)(C(N)=O)C1CC1. The molecule has 1 saturated heterocycles. The number of amides is 1. The van der Waals surface area contributed by atoms with E-state index in [1.54, 1.807) is 0 Å². The minimum atomic E-state index is -0.515. The minimum absolute atomic E-state index is 0.162. The first-order valence-corrected chi connectivity index (χ1v) is 8.65. The highest BCUT2D eigenvalue weighted by Gasteiger charge is 2.51. The van der Waals surface area contributed by atoms with Crippen LogP contribution in [0.5, 0.6) is 0 Å². The van der Waals surface area contributed by atoms with Crippen molar-refractivity contribution in [2.45, 2.75) is 65.0 Å². The monoisotopic (exact) mass is 295 g/mol. The van der Waals surface area contributed by atoms with E-state index in [0.717, 1.165) is 44.3 Å². The van der Waals surface area contributed by atoms with Gasteiger partial charge in [-0.05, 0) is 70.4 Å². The zero-order valence-corrected chi connectivity index (χ0v) is 14.2. The molecule has 0 radical (unpaired) electrons. The van der Waals surface area contributed by atoms with Gasteiger partial charge in [-0.3, -0.25) is 10.1 Å². The molecule has 1 heterocycles. The van der Waals surface area contributed by atoms with Crippen LogP contribution in [0.3, 0.4) is 0 Å². The van der Waals surface area contributed by atoms with Crippen molar-refractivity contribution in [3.05, 3.63) is 0 Å². The van der Waals surface area contributed by atoms with Crippen LogP contribution in [0.25, 0.3) is 0 Å². The highest BCUT2D eigenvalue weighted by atomic mass is 16.1. The summed E-state index contributed by atoms with van der Waals surface area (Å²) >= 11 is 0. The van der Waals surface area contributed by atoms with E-state index in [-0.39, 0.29) is 11.9 Å². The molecule has 1 aliphatic carbocycles. The van der Waals surface area contributed by atoms with Crippen LogP contribution in [0.4, 0.5) is 0 Å². The quantitative estimate of drug-likeness (QED) is 0.755. The first-order chi connectivity index (χ1) is 9.85. The van der Waals surface area contributed by atoms with E-state index in [1.165, 1.54) is 12.8 Å². The Balaban J connectivity index is 2.01. The molecule has 1 saturated carbocycles. The topological polar surface area (TPSA) is 58.4 Å². The van der Waals surface area contributed by atoms with Gasteiger partial charge in [-0.2, -0.15) is 0 Å². The van der Waals surface area contributed by atoms with Crippen LogP contribution >= 0.6 is 0 Å². The van der Waals surface area contributed by atoms with Crippen LogP contribution in [0.15, 0.2) is 0 Å². The van der Waals surface area contributed by atoms with E-state index < -0.39 is 5.54 Å². The van der Waals surface area contributed by atoms with Crippen LogP contribution in [-0.2, 0) is 4.79 Å². The Morgan fingerprint density at radius 1 is 1.19 bits per heavy atom. The standard InChI is InChI=1S/C17H33N3O/c1-12(2)14-7-9-20(10-8-14)11-17(16(18)21,15-5-6-15)19-13(3)4/h12-15,19H,5-11H2,1-4H3,(H2,18,21). The summed E-state index contributed by atoms with van der Waals surface area (Å²) in [7, 11) is 0. The third kappa shape index (κ3) is 3.98. The van der Waals surface area contributed by atoms with Crippen LogP contribution in [-0.4, -0.2) is 42.0 Å². The van der Waals surface area contributed by atoms with E-state index in [4.69, 9.17) is 5.73 Å². The smallest absolute Gasteiger partial charge is 0.239 e. The van der Waals surface area contributed by atoms with Crippen molar-refractivity contribution in [1.29, 1.82) is 0 Å². The molecule has 122 valence electrons. The lowest BCUT2D eigenvalue weighted by molar-refractivity contribution is -0.126. The van der Waals surface area contributed by atoms with Crippen LogP contribution < -0.4 is 11.1 Å². The van der Waals surface area contributed by atoms with Gasteiger partial charge in [0, 0.05) is 12.6 Å². The van der Waals surface area contributed by atoms with E-state index in [2.05, 4.69) is 37.9 Å². The first-order valence-electron chi connectivity index (χ1n) is 8.65. The highest BCUT2D eigenvalue weighted by Crippen LogP contribution is 2.41. The number of nitrogens with one attached hydrogen (secondary N) is 1. The van der Waals surface area contributed by atoms with E-state index in [0.29, 0.717) is 5.92 Å². The molecular formula is C17H33N3O. The summed E-state index contributed by atoms with van der Waals surface area (Å²) < 4.78 is 0. The largest absolute Gasteiger partial charge is 0.368 e. The Kier molecular flexibility index (Phi) is 5.31. The van der Waals surface area contributed by atoms with Crippen LogP contribution in [0.1, 0.15) is 53.4 Å². The molecular weight excluding hydrogens is 262 g/mol. The van der Waals surface area contributed by atoms with Crippen LogP contribution in [0.2, 0.25) is 0 Å². The number of piperidine rings is 1. The van der Waals surface area contributed by atoms with E-state index >= 15 is 0 Å². The van der Waals surface area contributed by atoms with Crippen molar-refractivity contribution in [2.75, 3.05) is 19.6 Å². The Hall–Kier alpha value is -0.610. The Labute approximate surface area is 129 Å². The maximum Gasteiger partial charge on any atom is 0.239 e. The van der Waals surface area contributed by atoms with Gasteiger partial charge < -0.3 is 10.6 Å². The second-order valence-electron chi connectivity index (χ2n) is 7.77. The van der Waals surface area contributed by atoms with Crippen molar-refractivity contribution in [1.82, 2.24) is 10.2 Å². The highest BCUT2D eigenvalue weighted by molar-refractivity contribution is 5.86. The van der Waals surface area contributed by atoms with Crippen molar-refractivity contribution in [3.8, 4) is 0 Å². The molecule has 1 unspecified atom stereocenters. The van der Waals surface area contributed by atoms with Gasteiger partial charge in [-0.25, -0.2) is 0 Å². The average molecular weight is 295 g/mol. The van der Waals surface area contributed by atoms with Crippen molar-refractivity contribution >= 4 is 5.91 Å². The number of likely N-dealkylation sites (tertiary alicyclic amines) is 1. The summed E-state index contributed by atoms with van der Waals surface area (Å²) in [6, 6.07) is 0.284. The maximum atomic E-state index is 12.2. The lowest BCUT2D eigenvalue weighted by Gasteiger charge is -2.41. The first kappa shape index (κ1) is 16.8. The molecule has 0 spiro atoms. The van der Waals surface area contributed by atoms with Gasteiger partial charge in [0.15, 0.2) is 0 Å². The third-order valence-corrected chi connectivity index (χ3v) is 5.31. The van der Waals surface area contributed by atoms with E-state index in [9.17, 15) is 4.79 Å². The fourth-order valence-electron chi connectivity index (χ4n) is 3.86. The van der Waals surface area contributed by atoms with Gasteiger partial charge in [-0.15, -0.1) is 0 Å². The lowest BCUT2D eigenvalue weighted by atomic mass is 9.85. The van der Waals surface area contributed by atoms with Crippen molar-refractivity contribution < 1.29 is 4.79 Å². The molecule has 2 fully saturated rings. The number of carbonyl (C=O) groups excluding carboxylic acids is 1. The number of nitrogens with two attached hydrogens (primary N) is 1. The molecule has 0 bridgehead atoms.